The molecule has 0 aliphatic rings. The van der Waals surface area contributed by atoms with Crippen molar-refractivity contribution in [3.05, 3.63) is 20.7 Å². The van der Waals surface area contributed by atoms with Gasteiger partial charge in [-0.25, -0.2) is 14.8 Å². The highest BCUT2D eigenvalue weighted by atomic mass is 79.9. The first kappa shape index (κ1) is 21.1. The Balaban J connectivity index is 2.04. The Bertz CT molecular complexity index is 1020. The minimum Gasteiger partial charge on any atom is -0.477 e. The molecule has 150 valence electrons. The molecule has 0 radical (unpaired) electrons. The Morgan fingerprint density at radius 2 is 2.04 bits per heavy atom. The number of hydrogen-bond donors (Lipinski definition) is 1. The number of aromatic amines is 1. The fraction of sp³-hybridized carbons (Fsp3) is 0.444. The molecule has 3 aromatic heterocycles. The molecule has 0 unspecified atom stereocenters. The first-order chi connectivity index (χ1) is 13.4. The van der Waals surface area contributed by atoms with Crippen molar-refractivity contribution < 1.29 is 14.3 Å². The van der Waals surface area contributed by atoms with E-state index in [1.807, 2.05) is 20.8 Å². The van der Waals surface area contributed by atoms with E-state index in [1.54, 1.807) is 0 Å². The van der Waals surface area contributed by atoms with Gasteiger partial charge in [0.2, 0.25) is 5.88 Å². The number of carbonyl (C=O) groups excluding carboxylic acids is 1. The minimum absolute atomic E-state index is 0.162. The van der Waals surface area contributed by atoms with E-state index in [4.69, 9.17) is 9.47 Å². The van der Waals surface area contributed by atoms with Crippen molar-refractivity contribution in [3.63, 3.8) is 0 Å². The number of hydrogen-bond acceptors (Lipinski definition) is 8. The summed E-state index contributed by atoms with van der Waals surface area (Å²) in [7, 11) is 1.36. The summed E-state index contributed by atoms with van der Waals surface area (Å²) >= 11 is 6.38. The molecule has 3 aromatic rings. The molecule has 0 saturated heterocycles. The van der Waals surface area contributed by atoms with Crippen LogP contribution in [0, 0.1) is 0 Å². The van der Waals surface area contributed by atoms with Gasteiger partial charge in [0, 0.05) is 10.6 Å². The number of fused-ring (bicyclic) bond motifs is 1. The zero-order valence-electron chi connectivity index (χ0n) is 16.3. The van der Waals surface area contributed by atoms with Gasteiger partial charge < -0.3 is 14.5 Å². The van der Waals surface area contributed by atoms with Gasteiger partial charge in [-0.3, -0.25) is 0 Å². The maximum absolute atomic E-state index is 12.0. The Morgan fingerprint density at radius 1 is 1.29 bits per heavy atom. The van der Waals surface area contributed by atoms with Crippen LogP contribution in [0.4, 0.5) is 0 Å². The molecule has 0 atom stereocenters. The number of thiazole rings is 1. The molecule has 3 heterocycles. The number of methoxy groups -OCH3 is 1. The highest BCUT2D eigenvalue weighted by molar-refractivity contribution is 9.10. The summed E-state index contributed by atoms with van der Waals surface area (Å²) in [6.07, 6.45) is 0.831. The summed E-state index contributed by atoms with van der Waals surface area (Å²) in [4.78, 5) is 29.9. The number of halogens is 1. The van der Waals surface area contributed by atoms with E-state index in [1.165, 1.54) is 30.2 Å². The van der Waals surface area contributed by atoms with Crippen molar-refractivity contribution in [2.45, 2.75) is 49.5 Å². The maximum atomic E-state index is 12.0. The van der Waals surface area contributed by atoms with Crippen LogP contribution in [-0.2, 0) is 11.2 Å². The van der Waals surface area contributed by atoms with Crippen molar-refractivity contribution in [3.8, 4) is 5.88 Å². The molecule has 3 rings (SSSR count). The highest BCUT2D eigenvalue weighted by Gasteiger charge is 2.23. The SMILES string of the molecule is CCOc1nc(Sc2nc(C(=O)OC)c(C(C)C)s2)nc2[nH]c(CC)c(Br)c12. The van der Waals surface area contributed by atoms with Crippen LogP contribution < -0.4 is 4.74 Å². The van der Waals surface area contributed by atoms with Gasteiger partial charge in [-0.15, -0.1) is 11.3 Å². The third kappa shape index (κ3) is 4.04. The highest BCUT2D eigenvalue weighted by Crippen LogP contribution is 2.39. The molecular formula is C18H21BrN4O3S2. The number of nitrogens with zero attached hydrogens (tertiary/aromatic N) is 3. The Labute approximate surface area is 179 Å². The summed E-state index contributed by atoms with van der Waals surface area (Å²) in [6, 6.07) is 0. The van der Waals surface area contributed by atoms with Crippen LogP contribution in [0.1, 0.15) is 54.7 Å². The number of carbonyl (C=O) groups is 1. The molecule has 0 aliphatic carbocycles. The number of nitrogens with one attached hydrogen (secondary N) is 1. The number of aryl methyl sites for hydroxylation is 1. The van der Waals surface area contributed by atoms with Crippen LogP contribution in [0.3, 0.4) is 0 Å². The van der Waals surface area contributed by atoms with Gasteiger partial charge in [0.15, 0.2) is 15.2 Å². The van der Waals surface area contributed by atoms with Crippen LogP contribution in [-0.4, -0.2) is 39.6 Å². The smallest absolute Gasteiger partial charge is 0.357 e. The predicted molar refractivity (Wildman–Crippen MR) is 114 cm³/mol. The molecule has 28 heavy (non-hydrogen) atoms. The van der Waals surface area contributed by atoms with Gasteiger partial charge in [-0.1, -0.05) is 20.8 Å². The van der Waals surface area contributed by atoms with Crippen LogP contribution >= 0.6 is 39.0 Å². The zero-order chi connectivity index (χ0) is 20.4. The lowest BCUT2D eigenvalue weighted by Gasteiger charge is -2.05. The van der Waals surface area contributed by atoms with Gasteiger partial charge in [-0.2, -0.15) is 4.98 Å². The molecular weight excluding hydrogens is 464 g/mol. The summed E-state index contributed by atoms with van der Waals surface area (Å²) in [5.74, 6) is 0.250. The van der Waals surface area contributed by atoms with Crippen LogP contribution in [0.5, 0.6) is 5.88 Å². The van der Waals surface area contributed by atoms with Gasteiger partial charge in [0.05, 0.1) is 23.6 Å². The summed E-state index contributed by atoms with van der Waals surface area (Å²) in [5.41, 5.74) is 2.10. The fourth-order valence-electron chi connectivity index (χ4n) is 2.66. The van der Waals surface area contributed by atoms with E-state index in [-0.39, 0.29) is 5.92 Å². The fourth-order valence-corrected chi connectivity index (χ4v) is 5.40. The molecule has 1 N–H and O–H groups in total. The second-order valence-corrected chi connectivity index (χ2v) is 9.22. The summed E-state index contributed by atoms with van der Waals surface area (Å²) in [5, 5.41) is 1.34. The average Bonchev–Trinajstić information content (AvgIpc) is 3.22. The van der Waals surface area contributed by atoms with Gasteiger partial charge in [0.1, 0.15) is 5.65 Å². The molecule has 7 nitrogen and oxygen atoms in total. The summed E-state index contributed by atoms with van der Waals surface area (Å²) < 4.78 is 12.2. The van der Waals surface area contributed by atoms with Gasteiger partial charge in [0.25, 0.3) is 0 Å². The number of H-pyrrole nitrogens is 1. The standard InChI is InChI=1S/C18H21BrN4O3S2/c1-6-9-11(19)10-14(20-9)22-17(23-15(10)26-7-2)28-18-21-12(16(24)25-5)13(27-18)8(3)4/h8H,6-7H2,1-5H3,(H,20,22,23). The van der Waals surface area contributed by atoms with E-state index in [0.717, 1.165) is 26.9 Å². The first-order valence-corrected chi connectivity index (χ1v) is 11.3. The largest absolute Gasteiger partial charge is 0.477 e. The van der Waals surface area contributed by atoms with Gasteiger partial charge >= 0.3 is 5.97 Å². The van der Waals surface area contributed by atoms with Crippen molar-refractivity contribution in [1.82, 2.24) is 19.9 Å². The lowest BCUT2D eigenvalue weighted by Crippen LogP contribution is -2.05. The number of esters is 1. The molecule has 0 saturated carbocycles. The second-order valence-electron chi connectivity index (χ2n) is 6.18. The van der Waals surface area contributed by atoms with E-state index in [0.29, 0.717) is 33.3 Å². The maximum Gasteiger partial charge on any atom is 0.357 e. The molecule has 0 fully saturated rings. The topological polar surface area (TPSA) is 90.0 Å². The third-order valence-corrected chi connectivity index (χ3v) is 7.12. The van der Waals surface area contributed by atoms with Crippen molar-refractivity contribution in [1.29, 1.82) is 0 Å². The lowest BCUT2D eigenvalue weighted by molar-refractivity contribution is 0.0592. The summed E-state index contributed by atoms with van der Waals surface area (Å²) in [6.45, 7) is 8.52. The van der Waals surface area contributed by atoms with Gasteiger partial charge in [-0.05, 0) is 47.0 Å². The average molecular weight is 485 g/mol. The molecule has 10 heteroatoms. The van der Waals surface area contributed by atoms with E-state index in [2.05, 4.69) is 42.8 Å². The van der Waals surface area contributed by atoms with E-state index in [9.17, 15) is 4.79 Å². The Kier molecular flexibility index (Phi) is 6.61. The molecule has 0 aliphatic heterocycles. The number of ether oxygens (including phenoxy) is 2. The Morgan fingerprint density at radius 3 is 2.64 bits per heavy atom. The lowest BCUT2D eigenvalue weighted by atomic mass is 10.1. The van der Waals surface area contributed by atoms with E-state index < -0.39 is 5.97 Å². The minimum atomic E-state index is -0.431. The van der Waals surface area contributed by atoms with Crippen LogP contribution in [0.15, 0.2) is 14.0 Å². The van der Waals surface area contributed by atoms with E-state index >= 15 is 0 Å². The Hall–Kier alpha value is -1.65. The van der Waals surface area contributed by atoms with Crippen LogP contribution in [0.25, 0.3) is 11.0 Å². The monoisotopic (exact) mass is 484 g/mol. The second kappa shape index (κ2) is 8.79. The zero-order valence-corrected chi connectivity index (χ0v) is 19.5. The first-order valence-electron chi connectivity index (χ1n) is 8.87. The molecule has 0 bridgehead atoms. The molecule has 0 amide bonds. The number of rotatable bonds is 7. The quantitative estimate of drug-likeness (QED) is 0.363. The molecule has 0 spiro atoms. The van der Waals surface area contributed by atoms with Crippen LogP contribution in [0.2, 0.25) is 0 Å². The normalized spacial score (nSPS) is 11.4. The van der Waals surface area contributed by atoms with Crippen molar-refractivity contribution >= 4 is 56.0 Å². The predicted octanol–water partition coefficient (Wildman–Crippen LogP) is 5.20. The third-order valence-electron chi connectivity index (χ3n) is 3.96. The van der Waals surface area contributed by atoms with Crippen molar-refractivity contribution in [2.75, 3.05) is 13.7 Å². The van der Waals surface area contributed by atoms with Crippen molar-refractivity contribution in [2.24, 2.45) is 0 Å². The molecule has 0 aromatic carbocycles. The number of aromatic nitrogens is 4.